The minimum atomic E-state index is -0.997. The summed E-state index contributed by atoms with van der Waals surface area (Å²) in [6.45, 7) is 2.47. The Bertz CT molecular complexity index is 440. The number of carbonyl (C=O) groups is 1. The molecule has 3 unspecified atom stereocenters. The molecule has 1 fully saturated rings. The number of aliphatic hydroxyl groups is 1. The molecule has 2 rings (SSSR count). The lowest BCUT2D eigenvalue weighted by atomic mass is 9.96. The smallest absolute Gasteiger partial charge is 0.242 e. The van der Waals surface area contributed by atoms with Gasteiger partial charge in [0.25, 0.3) is 0 Å². The van der Waals surface area contributed by atoms with Gasteiger partial charge in [-0.2, -0.15) is 0 Å². The Morgan fingerprint density at radius 1 is 1.58 bits per heavy atom. The molecule has 1 amide bonds. The summed E-state index contributed by atoms with van der Waals surface area (Å²) in [7, 11) is 0. The van der Waals surface area contributed by atoms with E-state index in [1.54, 1.807) is 19.1 Å². The number of hydrogen-bond acceptors (Lipinski definition) is 3. The van der Waals surface area contributed by atoms with Gasteiger partial charge in [0.05, 0.1) is 6.10 Å². The van der Waals surface area contributed by atoms with E-state index in [0.29, 0.717) is 13.0 Å². The largest absolute Gasteiger partial charge is 0.385 e. The second kappa shape index (κ2) is 5.90. The quantitative estimate of drug-likeness (QED) is 0.826. The van der Waals surface area contributed by atoms with Gasteiger partial charge in [0.1, 0.15) is 11.0 Å². The molecule has 5 heteroatoms. The third-order valence-corrected chi connectivity index (χ3v) is 4.00. The Labute approximate surface area is 117 Å². The number of alkyl halides is 1. The zero-order chi connectivity index (χ0) is 13.9. The molecule has 0 saturated carbocycles. The van der Waals surface area contributed by atoms with Gasteiger partial charge in [0.2, 0.25) is 5.91 Å². The molecule has 2 N–H and O–H groups in total. The average Bonchev–Trinajstić information content (AvgIpc) is 2.77. The number of benzene rings is 1. The first-order valence-corrected chi connectivity index (χ1v) is 6.77. The number of amides is 1. The average molecular weight is 284 g/mol. The Kier molecular flexibility index (Phi) is 4.45. The van der Waals surface area contributed by atoms with Crippen LogP contribution in [0, 0.1) is 0 Å². The fourth-order valence-electron chi connectivity index (χ4n) is 2.11. The highest BCUT2D eigenvalue weighted by atomic mass is 35.5. The van der Waals surface area contributed by atoms with E-state index in [0.717, 1.165) is 5.56 Å². The van der Waals surface area contributed by atoms with Gasteiger partial charge >= 0.3 is 0 Å². The number of carbonyl (C=O) groups excluding carboxylic acids is 1. The van der Waals surface area contributed by atoms with E-state index in [-0.39, 0.29) is 18.6 Å². The van der Waals surface area contributed by atoms with Gasteiger partial charge in [-0.25, -0.2) is 0 Å². The van der Waals surface area contributed by atoms with Crippen LogP contribution in [-0.4, -0.2) is 35.9 Å². The molecule has 1 aliphatic heterocycles. The van der Waals surface area contributed by atoms with Crippen molar-refractivity contribution >= 4 is 17.5 Å². The molecule has 1 aromatic carbocycles. The molecule has 104 valence electrons. The summed E-state index contributed by atoms with van der Waals surface area (Å²) < 4.78 is 5.31. The van der Waals surface area contributed by atoms with Crippen molar-refractivity contribution in [1.29, 1.82) is 0 Å². The van der Waals surface area contributed by atoms with E-state index in [1.807, 2.05) is 18.2 Å². The van der Waals surface area contributed by atoms with Crippen LogP contribution < -0.4 is 5.32 Å². The zero-order valence-electron chi connectivity index (χ0n) is 10.8. The summed E-state index contributed by atoms with van der Waals surface area (Å²) in [6.07, 6.45) is 0.241. The van der Waals surface area contributed by atoms with Gasteiger partial charge < -0.3 is 15.2 Å². The molecule has 1 saturated heterocycles. The summed E-state index contributed by atoms with van der Waals surface area (Å²) in [6, 6.07) is 9.13. The summed E-state index contributed by atoms with van der Waals surface area (Å²) in [5.41, 5.74) is -0.257. The van der Waals surface area contributed by atoms with Crippen molar-refractivity contribution in [2.75, 3.05) is 13.2 Å². The lowest BCUT2D eigenvalue weighted by molar-refractivity contribution is -0.122. The number of hydrogen-bond donors (Lipinski definition) is 2. The highest BCUT2D eigenvalue weighted by Crippen LogP contribution is 2.25. The Balaban J connectivity index is 1.91. The van der Waals surface area contributed by atoms with Crippen molar-refractivity contribution in [1.82, 2.24) is 5.32 Å². The van der Waals surface area contributed by atoms with Crippen LogP contribution in [0.25, 0.3) is 0 Å². The topological polar surface area (TPSA) is 58.6 Å². The first-order chi connectivity index (χ1) is 9.03. The Morgan fingerprint density at radius 2 is 2.26 bits per heavy atom. The van der Waals surface area contributed by atoms with Crippen LogP contribution >= 0.6 is 11.6 Å². The minimum absolute atomic E-state index is 0.156. The second-order valence-corrected chi connectivity index (χ2v) is 5.29. The van der Waals surface area contributed by atoms with Crippen LogP contribution in [0.3, 0.4) is 0 Å². The van der Waals surface area contributed by atoms with Gasteiger partial charge in [0.15, 0.2) is 0 Å². The molecule has 0 spiro atoms. The summed E-state index contributed by atoms with van der Waals surface area (Å²) >= 11 is 6.10. The van der Waals surface area contributed by atoms with E-state index in [2.05, 4.69) is 5.32 Å². The molecule has 1 heterocycles. The van der Waals surface area contributed by atoms with Gasteiger partial charge in [-0.3, -0.25) is 4.79 Å². The van der Waals surface area contributed by atoms with Crippen LogP contribution in [0.2, 0.25) is 0 Å². The van der Waals surface area contributed by atoms with Crippen LogP contribution in [0.4, 0.5) is 0 Å². The molecule has 0 bridgehead atoms. The zero-order valence-corrected chi connectivity index (χ0v) is 11.6. The maximum absolute atomic E-state index is 12.0. The summed E-state index contributed by atoms with van der Waals surface area (Å²) in [5.74, 6) is -0.305. The monoisotopic (exact) mass is 283 g/mol. The normalized spacial score (nSPS) is 28.1. The number of nitrogens with one attached hydrogen (secondary N) is 1. The van der Waals surface area contributed by atoms with Gasteiger partial charge in [-0.1, -0.05) is 30.3 Å². The Morgan fingerprint density at radius 3 is 2.84 bits per heavy atom. The molecule has 4 nitrogen and oxygen atoms in total. The fourth-order valence-corrected chi connectivity index (χ4v) is 2.33. The predicted molar refractivity (Wildman–Crippen MR) is 73.0 cm³/mol. The molecule has 1 aromatic rings. The maximum Gasteiger partial charge on any atom is 0.242 e. The lowest BCUT2D eigenvalue weighted by Gasteiger charge is -2.26. The van der Waals surface area contributed by atoms with E-state index in [1.165, 1.54) is 0 Å². The minimum Gasteiger partial charge on any atom is -0.385 e. The van der Waals surface area contributed by atoms with Crippen LogP contribution in [0.1, 0.15) is 24.3 Å². The van der Waals surface area contributed by atoms with Crippen LogP contribution in [0.15, 0.2) is 30.3 Å². The maximum atomic E-state index is 12.0. The standard InChI is InChI=1S/C14H18ClNO3/c1-10-14(18,7-8-19-10)9-16-13(17)12(15)11-5-3-2-4-6-11/h2-6,10,12,18H,7-9H2,1H3,(H,16,17). The molecule has 0 aromatic heterocycles. The predicted octanol–water partition coefficient (Wildman–Crippen LogP) is 1.62. The molecule has 1 aliphatic rings. The van der Waals surface area contributed by atoms with Crippen molar-refractivity contribution < 1.29 is 14.6 Å². The van der Waals surface area contributed by atoms with Gasteiger partial charge in [0, 0.05) is 19.6 Å². The SMILES string of the molecule is CC1OCCC1(O)CNC(=O)C(Cl)c1ccccc1. The number of halogens is 1. The van der Waals surface area contributed by atoms with Crippen molar-refractivity contribution in [3.63, 3.8) is 0 Å². The molecule has 3 atom stereocenters. The molecule has 0 radical (unpaired) electrons. The van der Waals surface area contributed by atoms with Crippen molar-refractivity contribution in [2.45, 2.75) is 30.4 Å². The van der Waals surface area contributed by atoms with E-state index in [9.17, 15) is 9.90 Å². The molecule has 0 aliphatic carbocycles. The highest BCUT2D eigenvalue weighted by molar-refractivity contribution is 6.30. The molecule has 19 heavy (non-hydrogen) atoms. The first kappa shape index (κ1) is 14.3. The molecular weight excluding hydrogens is 266 g/mol. The van der Waals surface area contributed by atoms with Crippen LogP contribution in [0.5, 0.6) is 0 Å². The highest BCUT2D eigenvalue weighted by Gasteiger charge is 2.40. The third-order valence-electron chi connectivity index (χ3n) is 3.55. The summed E-state index contributed by atoms with van der Waals surface area (Å²) in [4.78, 5) is 12.0. The number of rotatable bonds is 4. The van der Waals surface area contributed by atoms with E-state index in [4.69, 9.17) is 16.3 Å². The van der Waals surface area contributed by atoms with Gasteiger partial charge in [-0.15, -0.1) is 11.6 Å². The summed E-state index contributed by atoms with van der Waals surface area (Å²) in [5, 5.41) is 12.2. The second-order valence-electron chi connectivity index (χ2n) is 4.86. The van der Waals surface area contributed by atoms with Crippen LogP contribution in [-0.2, 0) is 9.53 Å². The Hall–Kier alpha value is -1.10. The van der Waals surface area contributed by atoms with E-state index >= 15 is 0 Å². The first-order valence-electron chi connectivity index (χ1n) is 6.34. The molecular formula is C14H18ClNO3. The van der Waals surface area contributed by atoms with Crippen molar-refractivity contribution in [3.8, 4) is 0 Å². The number of ether oxygens (including phenoxy) is 1. The lowest BCUT2D eigenvalue weighted by Crippen LogP contribution is -2.48. The van der Waals surface area contributed by atoms with E-state index < -0.39 is 11.0 Å². The van der Waals surface area contributed by atoms with Crippen molar-refractivity contribution in [2.24, 2.45) is 0 Å². The third kappa shape index (κ3) is 3.26. The van der Waals surface area contributed by atoms with Crippen molar-refractivity contribution in [3.05, 3.63) is 35.9 Å². The van der Waals surface area contributed by atoms with Gasteiger partial charge in [-0.05, 0) is 12.5 Å². The fraction of sp³-hybridized carbons (Fsp3) is 0.500.